The molecule has 15 heavy (non-hydrogen) atoms. The van der Waals surface area contributed by atoms with Crippen LogP contribution in [0.3, 0.4) is 0 Å². The summed E-state index contributed by atoms with van der Waals surface area (Å²) in [5, 5.41) is 3.34. The first-order valence-corrected chi connectivity index (χ1v) is 5.10. The zero-order valence-corrected chi connectivity index (χ0v) is 9.99. The number of aromatic nitrogens is 2. The van der Waals surface area contributed by atoms with E-state index in [-0.39, 0.29) is 0 Å². The molecule has 0 aliphatic rings. The third-order valence-corrected chi connectivity index (χ3v) is 2.42. The van der Waals surface area contributed by atoms with Crippen LogP contribution in [0.2, 0.25) is 0 Å². The van der Waals surface area contributed by atoms with Crippen molar-refractivity contribution in [3.05, 3.63) is 24.5 Å². The minimum Gasteiger partial charge on any atom is -0.348 e. The van der Waals surface area contributed by atoms with Gasteiger partial charge in [0.15, 0.2) is 0 Å². The number of imidazole rings is 1. The van der Waals surface area contributed by atoms with E-state index in [9.17, 15) is 0 Å². The largest absolute Gasteiger partial charge is 0.348 e. The molecule has 0 bridgehead atoms. The Morgan fingerprint density at radius 2 is 2.33 bits per heavy atom. The Kier molecular flexibility index (Phi) is 3.91. The van der Waals surface area contributed by atoms with E-state index in [4.69, 9.17) is 0 Å². The lowest BCUT2D eigenvalue weighted by Gasteiger charge is -2.13. The lowest BCUT2D eigenvalue weighted by atomic mass is 10.3. The second-order valence-corrected chi connectivity index (χ2v) is 3.91. The third kappa shape index (κ3) is 2.83. The summed E-state index contributed by atoms with van der Waals surface area (Å²) >= 11 is 0. The molecule has 1 aromatic rings. The van der Waals surface area contributed by atoms with Gasteiger partial charge in [0, 0.05) is 33.7 Å². The number of nitrogens with zero attached hydrogens (tertiary/aromatic N) is 3. The fraction of sp³-hybridized carbons (Fsp3) is 0.545. The highest BCUT2D eigenvalue weighted by atomic mass is 15.3. The Hall–Kier alpha value is -1.29. The standard InChI is InChI=1S/C11H20N4/c1-6-9(2)12-7-10-8-13-11(14(3)4)15(10)5/h6,8-9,12H,1,7H2,2-5H3. The van der Waals surface area contributed by atoms with Crippen LogP contribution in [0.5, 0.6) is 0 Å². The van der Waals surface area contributed by atoms with Crippen molar-refractivity contribution in [2.45, 2.75) is 19.5 Å². The quantitative estimate of drug-likeness (QED) is 0.737. The van der Waals surface area contributed by atoms with Crippen molar-refractivity contribution in [3.8, 4) is 0 Å². The summed E-state index contributed by atoms with van der Waals surface area (Å²) in [6, 6.07) is 0.322. The second kappa shape index (κ2) is 4.98. The topological polar surface area (TPSA) is 33.1 Å². The lowest BCUT2D eigenvalue weighted by Crippen LogP contribution is -2.24. The van der Waals surface area contributed by atoms with Gasteiger partial charge in [-0.2, -0.15) is 0 Å². The van der Waals surface area contributed by atoms with Crippen molar-refractivity contribution in [1.82, 2.24) is 14.9 Å². The maximum atomic E-state index is 4.34. The maximum Gasteiger partial charge on any atom is 0.204 e. The van der Waals surface area contributed by atoms with Crippen molar-refractivity contribution in [2.24, 2.45) is 7.05 Å². The summed E-state index contributed by atoms with van der Waals surface area (Å²) in [5.41, 5.74) is 1.17. The average molecular weight is 208 g/mol. The van der Waals surface area contributed by atoms with Gasteiger partial charge in [-0.3, -0.25) is 0 Å². The number of anilines is 1. The molecule has 4 nitrogen and oxygen atoms in total. The van der Waals surface area contributed by atoms with Crippen LogP contribution in [0, 0.1) is 0 Å². The summed E-state index contributed by atoms with van der Waals surface area (Å²) in [6.07, 6.45) is 3.79. The Morgan fingerprint density at radius 1 is 1.67 bits per heavy atom. The first-order chi connectivity index (χ1) is 7.06. The first-order valence-electron chi connectivity index (χ1n) is 5.10. The van der Waals surface area contributed by atoms with E-state index >= 15 is 0 Å². The molecule has 1 atom stereocenters. The van der Waals surface area contributed by atoms with Gasteiger partial charge in [0.25, 0.3) is 0 Å². The average Bonchev–Trinajstić information content (AvgIpc) is 2.56. The van der Waals surface area contributed by atoms with Gasteiger partial charge in [-0.1, -0.05) is 6.08 Å². The molecule has 0 aromatic carbocycles. The van der Waals surface area contributed by atoms with E-state index < -0.39 is 0 Å². The second-order valence-electron chi connectivity index (χ2n) is 3.91. The number of hydrogen-bond donors (Lipinski definition) is 1. The van der Waals surface area contributed by atoms with E-state index in [1.165, 1.54) is 5.69 Å². The first kappa shape index (κ1) is 11.8. The maximum absolute atomic E-state index is 4.34. The van der Waals surface area contributed by atoms with Crippen molar-refractivity contribution in [1.29, 1.82) is 0 Å². The smallest absolute Gasteiger partial charge is 0.204 e. The molecule has 1 aromatic heterocycles. The molecule has 0 aliphatic heterocycles. The summed E-state index contributed by atoms with van der Waals surface area (Å²) in [6.45, 7) is 6.63. The van der Waals surface area contributed by atoms with Crippen LogP contribution in [-0.2, 0) is 13.6 Å². The Bertz CT molecular complexity index is 327. The summed E-state index contributed by atoms with van der Waals surface area (Å²) in [5.74, 6) is 0.970. The zero-order valence-electron chi connectivity index (χ0n) is 9.99. The van der Waals surface area contributed by atoms with Crippen molar-refractivity contribution >= 4 is 5.95 Å². The lowest BCUT2D eigenvalue weighted by molar-refractivity contribution is 0.609. The summed E-state index contributed by atoms with van der Waals surface area (Å²) < 4.78 is 2.09. The van der Waals surface area contributed by atoms with Gasteiger partial charge in [-0.15, -0.1) is 6.58 Å². The predicted octanol–water partition coefficient (Wildman–Crippen LogP) is 1.15. The molecule has 1 rings (SSSR count). The molecule has 0 amide bonds. The van der Waals surface area contributed by atoms with E-state index in [0.29, 0.717) is 6.04 Å². The molecule has 1 unspecified atom stereocenters. The minimum absolute atomic E-state index is 0.322. The van der Waals surface area contributed by atoms with E-state index in [0.717, 1.165) is 12.5 Å². The fourth-order valence-corrected chi connectivity index (χ4v) is 1.36. The van der Waals surface area contributed by atoms with Gasteiger partial charge in [0.1, 0.15) is 0 Å². The van der Waals surface area contributed by atoms with E-state index in [2.05, 4.69) is 28.4 Å². The van der Waals surface area contributed by atoms with Crippen LogP contribution in [0.4, 0.5) is 5.95 Å². The molecule has 0 fully saturated rings. The Balaban J connectivity index is 2.66. The molecule has 0 saturated carbocycles. The van der Waals surface area contributed by atoms with E-state index in [1.807, 2.05) is 38.3 Å². The summed E-state index contributed by atoms with van der Waals surface area (Å²) in [4.78, 5) is 6.34. The summed E-state index contributed by atoms with van der Waals surface area (Å²) in [7, 11) is 6.01. The molecule has 0 radical (unpaired) electrons. The molecule has 1 N–H and O–H groups in total. The molecule has 0 saturated heterocycles. The van der Waals surface area contributed by atoms with Crippen molar-refractivity contribution in [3.63, 3.8) is 0 Å². The van der Waals surface area contributed by atoms with Gasteiger partial charge < -0.3 is 14.8 Å². The molecule has 1 heterocycles. The normalized spacial score (nSPS) is 12.5. The Labute approximate surface area is 91.6 Å². The van der Waals surface area contributed by atoms with E-state index in [1.54, 1.807) is 0 Å². The monoisotopic (exact) mass is 208 g/mol. The predicted molar refractivity (Wildman–Crippen MR) is 64.0 cm³/mol. The molecule has 4 heteroatoms. The third-order valence-electron chi connectivity index (χ3n) is 2.42. The van der Waals surface area contributed by atoms with Crippen LogP contribution in [0.1, 0.15) is 12.6 Å². The molecule has 0 aliphatic carbocycles. The molecular weight excluding hydrogens is 188 g/mol. The van der Waals surface area contributed by atoms with Gasteiger partial charge in [0.05, 0.1) is 11.9 Å². The van der Waals surface area contributed by atoms with Gasteiger partial charge in [0.2, 0.25) is 5.95 Å². The van der Waals surface area contributed by atoms with Gasteiger partial charge in [-0.05, 0) is 6.92 Å². The molecule has 0 spiro atoms. The molecule has 84 valence electrons. The van der Waals surface area contributed by atoms with Gasteiger partial charge in [-0.25, -0.2) is 4.98 Å². The number of nitrogens with one attached hydrogen (secondary N) is 1. The van der Waals surface area contributed by atoms with Crippen molar-refractivity contribution < 1.29 is 0 Å². The van der Waals surface area contributed by atoms with Crippen LogP contribution in [-0.4, -0.2) is 29.7 Å². The van der Waals surface area contributed by atoms with Crippen LogP contribution < -0.4 is 10.2 Å². The van der Waals surface area contributed by atoms with Crippen LogP contribution in [0.25, 0.3) is 0 Å². The minimum atomic E-state index is 0.322. The molecular formula is C11H20N4. The highest BCUT2D eigenvalue weighted by Gasteiger charge is 2.07. The SMILES string of the molecule is C=CC(C)NCc1cnc(N(C)C)n1C. The number of rotatable bonds is 5. The van der Waals surface area contributed by atoms with Crippen LogP contribution in [0.15, 0.2) is 18.9 Å². The Morgan fingerprint density at radius 3 is 2.80 bits per heavy atom. The number of hydrogen-bond acceptors (Lipinski definition) is 3. The van der Waals surface area contributed by atoms with Gasteiger partial charge >= 0.3 is 0 Å². The van der Waals surface area contributed by atoms with Crippen LogP contribution >= 0.6 is 0 Å². The fourth-order valence-electron chi connectivity index (χ4n) is 1.36. The highest BCUT2D eigenvalue weighted by Crippen LogP contribution is 2.10. The highest BCUT2D eigenvalue weighted by molar-refractivity contribution is 5.30. The van der Waals surface area contributed by atoms with Crippen molar-refractivity contribution in [2.75, 3.05) is 19.0 Å². The zero-order chi connectivity index (χ0) is 11.4.